The quantitative estimate of drug-likeness (QED) is 0.891. The number of aromatic amines is 1. The molecule has 0 radical (unpaired) electrons. The Balaban J connectivity index is 2.02. The van der Waals surface area contributed by atoms with Gasteiger partial charge in [-0.3, -0.25) is 4.79 Å². The number of para-hydroxylation sites is 1. The number of aromatic nitrogens is 1. The number of hydrogen-bond acceptors (Lipinski definition) is 2. The summed E-state index contributed by atoms with van der Waals surface area (Å²) in [5.41, 5.74) is 0.308. The van der Waals surface area contributed by atoms with E-state index in [4.69, 9.17) is 0 Å². The van der Waals surface area contributed by atoms with Gasteiger partial charge in [0.05, 0.1) is 5.56 Å². The van der Waals surface area contributed by atoms with Crippen molar-refractivity contribution in [3.8, 4) is 0 Å². The predicted octanol–water partition coefficient (Wildman–Crippen LogP) is 2.64. The summed E-state index contributed by atoms with van der Waals surface area (Å²) in [6.07, 6.45) is 3.84. The van der Waals surface area contributed by atoms with Crippen LogP contribution in [0, 0.1) is 0 Å². The van der Waals surface area contributed by atoms with E-state index < -0.39 is 11.5 Å². The minimum Gasteiger partial charge on any atom is -0.480 e. The number of nitrogens with zero attached hydrogens (tertiary/aromatic N) is 1. The van der Waals surface area contributed by atoms with Crippen LogP contribution in [-0.4, -0.2) is 39.0 Å². The first-order valence-electron chi connectivity index (χ1n) is 7.15. The lowest BCUT2D eigenvalue weighted by Crippen LogP contribution is -2.57. The molecule has 5 nitrogen and oxygen atoms in total. The maximum absolute atomic E-state index is 12.8. The number of aliphatic carboxylic acids is 1. The van der Waals surface area contributed by atoms with Crippen LogP contribution >= 0.6 is 0 Å². The molecule has 1 atom stereocenters. The third-order valence-electron chi connectivity index (χ3n) is 4.42. The molecule has 1 aliphatic heterocycles. The molecule has 5 heteroatoms. The molecule has 2 N–H and O–H groups in total. The van der Waals surface area contributed by atoms with Crippen LogP contribution in [0.15, 0.2) is 30.5 Å². The summed E-state index contributed by atoms with van der Waals surface area (Å²) >= 11 is 0. The highest BCUT2D eigenvalue weighted by atomic mass is 16.4. The van der Waals surface area contributed by atoms with Crippen molar-refractivity contribution in [3.63, 3.8) is 0 Å². The highest BCUT2D eigenvalue weighted by molar-refractivity contribution is 6.08. The van der Waals surface area contributed by atoms with Crippen molar-refractivity contribution in [3.05, 3.63) is 36.0 Å². The van der Waals surface area contributed by atoms with Crippen LogP contribution in [0.5, 0.6) is 0 Å². The van der Waals surface area contributed by atoms with E-state index in [9.17, 15) is 14.7 Å². The summed E-state index contributed by atoms with van der Waals surface area (Å²) in [7, 11) is 0. The monoisotopic (exact) mass is 286 g/mol. The predicted molar refractivity (Wildman–Crippen MR) is 79.2 cm³/mol. The molecule has 1 unspecified atom stereocenters. The number of benzene rings is 1. The number of carboxylic acids is 1. The Bertz CT molecular complexity index is 706. The third-order valence-corrected chi connectivity index (χ3v) is 4.42. The van der Waals surface area contributed by atoms with E-state index in [1.807, 2.05) is 24.3 Å². The Hall–Kier alpha value is -2.30. The summed E-state index contributed by atoms with van der Waals surface area (Å²) in [6, 6.07) is 7.55. The number of H-pyrrole nitrogens is 1. The summed E-state index contributed by atoms with van der Waals surface area (Å²) < 4.78 is 0. The fraction of sp³-hybridized carbons (Fsp3) is 0.375. The zero-order valence-electron chi connectivity index (χ0n) is 11.9. The van der Waals surface area contributed by atoms with E-state index in [-0.39, 0.29) is 5.91 Å². The molecule has 1 aromatic carbocycles. The smallest absolute Gasteiger partial charge is 0.329 e. The zero-order chi connectivity index (χ0) is 15.0. The third kappa shape index (κ3) is 2.09. The number of rotatable bonds is 2. The standard InChI is InChI=1S/C16H18N2O3/c1-16(15(20)21)8-4-5-9-18(16)14(19)12-10-17-13-7-3-2-6-11(12)13/h2-3,6-7,10,17H,4-5,8-9H2,1H3,(H,20,21). The largest absolute Gasteiger partial charge is 0.480 e. The molecule has 0 bridgehead atoms. The molecule has 2 heterocycles. The fourth-order valence-corrected chi connectivity index (χ4v) is 3.06. The maximum Gasteiger partial charge on any atom is 0.329 e. The molecular formula is C16H18N2O3. The van der Waals surface area contributed by atoms with E-state index >= 15 is 0 Å². The van der Waals surface area contributed by atoms with Crippen molar-refractivity contribution < 1.29 is 14.7 Å². The van der Waals surface area contributed by atoms with Gasteiger partial charge >= 0.3 is 5.97 Å². The normalized spacial score (nSPS) is 22.4. The number of fused-ring (bicyclic) bond motifs is 1. The number of carboxylic acid groups (broad SMARTS) is 1. The van der Waals surface area contributed by atoms with Crippen molar-refractivity contribution in [1.82, 2.24) is 9.88 Å². The molecule has 0 spiro atoms. The molecule has 1 amide bonds. The first kappa shape index (κ1) is 13.7. The van der Waals surface area contributed by atoms with Gasteiger partial charge in [0.15, 0.2) is 0 Å². The lowest BCUT2D eigenvalue weighted by molar-refractivity contribution is -0.150. The van der Waals surface area contributed by atoms with Crippen molar-refractivity contribution >= 4 is 22.8 Å². The van der Waals surface area contributed by atoms with E-state index in [2.05, 4.69) is 4.98 Å². The van der Waals surface area contributed by atoms with Gasteiger partial charge in [0.1, 0.15) is 5.54 Å². The van der Waals surface area contributed by atoms with Gasteiger partial charge in [-0.05, 0) is 32.3 Å². The molecule has 1 aliphatic rings. The summed E-state index contributed by atoms with van der Waals surface area (Å²) in [5, 5.41) is 10.4. The maximum atomic E-state index is 12.8. The highest BCUT2D eigenvalue weighted by Gasteiger charge is 2.44. The topological polar surface area (TPSA) is 73.4 Å². The van der Waals surface area contributed by atoms with Gasteiger partial charge in [-0.15, -0.1) is 0 Å². The molecule has 21 heavy (non-hydrogen) atoms. The first-order valence-corrected chi connectivity index (χ1v) is 7.15. The number of carbonyl (C=O) groups excluding carboxylic acids is 1. The minimum atomic E-state index is -1.12. The molecule has 3 rings (SSSR count). The average Bonchev–Trinajstić information content (AvgIpc) is 2.91. The van der Waals surface area contributed by atoms with Crippen molar-refractivity contribution in [2.45, 2.75) is 31.7 Å². The SMILES string of the molecule is CC1(C(=O)O)CCCCN1C(=O)c1c[nH]c2ccccc12. The molecule has 0 saturated carbocycles. The second kappa shape index (κ2) is 4.91. The lowest BCUT2D eigenvalue weighted by Gasteiger charge is -2.41. The summed E-state index contributed by atoms with van der Waals surface area (Å²) in [4.78, 5) is 29.0. The van der Waals surface area contributed by atoms with E-state index in [0.717, 1.165) is 23.7 Å². The van der Waals surface area contributed by atoms with Crippen LogP contribution in [0.4, 0.5) is 0 Å². The molecule has 1 aromatic heterocycles. The summed E-state index contributed by atoms with van der Waals surface area (Å²) in [5.74, 6) is -1.15. The summed E-state index contributed by atoms with van der Waals surface area (Å²) in [6.45, 7) is 2.13. The van der Waals surface area contributed by atoms with Crippen LogP contribution in [0.3, 0.4) is 0 Å². The van der Waals surface area contributed by atoms with Crippen LogP contribution in [-0.2, 0) is 4.79 Å². The molecule has 110 valence electrons. The highest BCUT2D eigenvalue weighted by Crippen LogP contribution is 2.31. The Kier molecular flexibility index (Phi) is 3.20. The van der Waals surface area contributed by atoms with Gasteiger partial charge < -0.3 is 15.0 Å². The average molecular weight is 286 g/mol. The molecule has 0 aliphatic carbocycles. The van der Waals surface area contributed by atoms with Gasteiger partial charge in [0, 0.05) is 23.6 Å². The van der Waals surface area contributed by atoms with Crippen LogP contribution in [0.25, 0.3) is 10.9 Å². The molecular weight excluding hydrogens is 268 g/mol. The van der Waals surface area contributed by atoms with Gasteiger partial charge in [0.2, 0.25) is 0 Å². The van der Waals surface area contributed by atoms with Gasteiger partial charge in [-0.25, -0.2) is 4.79 Å². The number of amides is 1. The Morgan fingerprint density at radius 3 is 2.81 bits per heavy atom. The van der Waals surface area contributed by atoms with Gasteiger partial charge in [-0.1, -0.05) is 18.2 Å². The number of hydrogen-bond donors (Lipinski definition) is 2. The van der Waals surface area contributed by atoms with Crippen molar-refractivity contribution in [2.75, 3.05) is 6.54 Å². The first-order chi connectivity index (χ1) is 10.0. The number of likely N-dealkylation sites (tertiary alicyclic amines) is 1. The van der Waals surface area contributed by atoms with Crippen molar-refractivity contribution in [1.29, 1.82) is 0 Å². The second-order valence-electron chi connectivity index (χ2n) is 5.74. The van der Waals surface area contributed by atoms with E-state index in [1.54, 1.807) is 13.1 Å². The number of carbonyl (C=O) groups is 2. The second-order valence-corrected chi connectivity index (χ2v) is 5.74. The molecule has 1 fully saturated rings. The Morgan fingerprint density at radius 1 is 1.29 bits per heavy atom. The van der Waals surface area contributed by atoms with Crippen molar-refractivity contribution in [2.24, 2.45) is 0 Å². The minimum absolute atomic E-state index is 0.211. The Labute approximate surface area is 122 Å². The number of piperidine rings is 1. The lowest BCUT2D eigenvalue weighted by atomic mass is 9.88. The molecule has 2 aromatic rings. The zero-order valence-corrected chi connectivity index (χ0v) is 11.9. The Morgan fingerprint density at radius 2 is 2.05 bits per heavy atom. The fourth-order valence-electron chi connectivity index (χ4n) is 3.06. The van der Waals surface area contributed by atoms with E-state index in [0.29, 0.717) is 18.5 Å². The van der Waals surface area contributed by atoms with E-state index in [1.165, 1.54) is 4.90 Å². The molecule has 1 saturated heterocycles. The van der Waals surface area contributed by atoms with Crippen LogP contribution in [0.2, 0.25) is 0 Å². The number of nitrogens with one attached hydrogen (secondary N) is 1. The van der Waals surface area contributed by atoms with Crippen LogP contribution in [0.1, 0.15) is 36.5 Å². The van der Waals surface area contributed by atoms with Gasteiger partial charge in [0.25, 0.3) is 5.91 Å². The van der Waals surface area contributed by atoms with Crippen LogP contribution < -0.4 is 0 Å². The van der Waals surface area contributed by atoms with Gasteiger partial charge in [-0.2, -0.15) is 0 Å².